The van der Waals surface area contributed by atoms with Crippen LogP contribution in [-0.2, 0) is 0 Å². The van der Waals surface area contributed by atoms with Crippen molar-refractivity contribution in [2.24, 2.45) is 11.0 Å². The van der Waals surface area contributed by atoms with Crippen LogP contribution in [0.1, 0.15) is 96.3 Å². The van der Waals surface area contributed by atoms with Gasteiger partial charge in [0.2, 0.25) is 0 Å². The molecule has 3 aliphatic carbocycles. The quantitative estimate of drug-likeness (QED) is 0.491. The summed E-state index contributed by atoms with van der Waals surface area (Å²) >= 11 is 0. The van der Waals surface area contributed by atoms with Crippen molar-refractivity contribution in [3.8, 4) is 0 Å². The second-order valence-corrected chi connectivity index (χ2v) is 7.63. The Morgan fingerprint density at radius 2 is 1.00 bits per heavy atom. The molecule has 0 N–H and O–H groups in total. The third-order valence-electron chi connectivity index (χ3n) is 5.96. The average Bonchev–Trinajstić information content (AvgIpc) is 2.58. The zero-order valence-corrected chi connectivity index (χ0v) is 13.8. The van der Waals surface area contributed by atoms with Gasteiger partial charge in [-0.05, 0) is 44.4 Å². The van der Waals surface area contributed by atoms with Gasteiger partial charge >= 0.3 is 0 Å². The summed E-state index contributed by atoms with van der Waals surface area (Å²) in [5, 5.41) is 7.69. The van der Waals surface area contributed by atoms with Crippen LogP contribution in [0.5, 0.6) is 0 Å². The standard InChI is InChI=1S/C19H34N2/c1-4-10-17(11-5-1)16-20-21(18-12-6-2-7-13-18)19-14-8-3-9-15-19/h16-19H,1-15H2. The summed E-state index contributed by atoms with van der Waals surface area (Å²) in [5.41, 5.74) is 0. The fourth-order valence-electron chi connectivity index (χ4n) is 4.63. The largest absolute Gasteiger partial charge is 0.291 e. The molecule has 0 aliphatic heterocycles. The Morgan fingerprint density at radius 3 is 1.48 bits per heavy atom. The normalized spacial score (nSPS) is 27.2. The first-order valence-electron chi connectivity index (χ1n) is 9.76. The van der Waals surface area contributed by atoms with Crippen LogP contribution in [0.3, 0.4) is 0 Å². The first-order valence-corrected chi connectivity index (χ1v) is 9.76. The van der Waals surface area contributed by atoms with Crippen LogP contribution in [0, 0.1) is 5.92 Å². The molecule has 0 aromatic heterocycles. The van der Waals surface area contributed by atoms with Crippen LogP contribution in [0.25, 0.3) is 0 Å². The molecule has 0 saturated heterocycles. The molecule has 0 spiro atoms. The topological polar surface area (TPSA) is 15.6 Å². The number of rotatable bonds is 4. The summed E-state index contributed by atoms with van der Waals surface area (Å²) in [4.78, 5) is 0. The van der Waals surface area contributed by atoms with Gasteiger partial charge in [-0.1, -0.05) is 57.8 Å². The Morgan fingerprint density at radius 1 is 0.571 bits per heavy atom. The maximum atomic E-state index is 5.10. The molecule has 3 fully saturated rings. The number of hydrogen-bond donors (Lipinski definition) is 0. The fourth-order valence-corrected chi connectivity index (χ4v) is 4.63. The first kappa shape index (κ1) is 15.4. The van der Waals surface area contributed by atoms with Crippen molar-refractivity contribution < 1.29 is 0 Å². The van der Waals surface area contributed by atoms with Gasteiger partial charge < -0.3 is 0 Å². The van der Waals surface area contributed by atoms with Gasteiger partial charge in [-0.15, -0.1) is 0 Å². The van der Waals surface area contributed by atoms with Crippen LogP contribution in [0.4, 0.5) is 0 Å². The van der Waals surface area contributed by atoms with Crippen molar-refractivity contribution in [2.75, 3.05) is 0 Å². The molecule has 0 heterocycles. The van der Waals surface area contributed by atoms with Crippen molar-refractivity contribution in [2.45, 2.75) is 108 Å². The van der Waals surface area contributed by atoms with E-state index in [0.717, 1.165) is 18.0 Å². The van der Waals surface area contributed by atoms with Crippen LogP contribution in [-0.4, -0.2) is 23.3 Å². The summed E-state index contributed by atoms with van der Waals surface area (Å²) in [7, 11) is 0. The van der Waals surface area contributed by atoms with Gasteiger partial charge in [0, 0.05) is 18.3 Å². The second kappa shape index (κ2) is 8.19. The smallest absolute Gasteiger partial charge is 0.0473 e. The SMILES string of the molecule is C(=NN(C1CCCCC1)C1CCCCC1)C1CCCCC1. The van der Waals surface area contributed by atoms with Crippen molar-refractivity contribution in [1.29, 1.82) is 0 Å². The molecule has 21 heavy (non-hydrogen) atoms. The molecule has 0 atom stereocenters. The minimum Gasteiger partial charge on any atom is -0.291 e. The molecular weight excluding hydrogens is 256 g/mol. The Bertz CT molecular complexity index is 290. The van der Waals surface area contributed by atoms with Crippen LogP contribution in [0.15, 0.2) is 5.10 Å². The zero-order chi connectivity index (χ0) is 14.3. The molecule has 0 aromatic carbocycles. The molecule has 2 nitrogen and oxygen atoms in total. The van der Waals surface area contributed by atoms with Crippen LogP contribution >= 0.6 is 0 Å². The second-order valence-electron chi connectivity index (χ2n) is 7.63. The minimum atomic E-state index is 0.752. The van der Waals surface area contributed by atoms with Gasteiger partial charge in [-0.3, -0.25) is 5.01 Å². The third-order valence-corrected chi connectivity index (χ3v) is 5.96. The van der Waals surface area contributed by atoms with E-state index in [4.69, 9.17) is 5.10 Å². The molecule has 0 aromatic rings. The third kappa shape index (κ3) is 4.47. The molecule has 3 saturated carbocycles. The molecule has 3 rings (SSSR count). The Hall–Kier alpha value is -0.530. The Balaban J connectivity index is 1.63. The Kier molecular flexibility index (Phi) is 6.00. The van der Waals surface area contributed by atoms with E-state index in [1.807, 2.05) is 0 Å². The first-order chi connectivity index (χ1) is 10.4. The molecule has 0 unspecified atom stereocenters. The van der Waals surface area contributed by atoms with Gasteiger partial charge in [0.1, 0.15) is 0 Å². The van der Waals surface area contributed by atoms with E-state index in [-0.39, 0.29) is 0 Å². The predicted octanol–water partition coefficient (Wildman–Crippen LogP) is 5.52. The van der Waals surface area contributed by atoms with Gasteiger partial charge in [-0.2, -0.15) is 5.10 Å². The van der Waals surface area contributed by atoms with E-state index in [1.165, 1.54) is 96.3 Å². The highest BCUT2D eigenvalue weighted by Gasteiger charge is 2.27. The van der Waals surface area contributed by atoms with Gasteiger partial charge in [-0.25, -0.2) is 0 Å². The fraction of sp³-hybridized carbons (Fsp3) is 0.947. The number of hydrazone groups is 1. The van der Waals surface area contributed by atoms with Crippen molar-refractivity contribution in [3.63, 3.8) is 0 Å². The number of nitrogens with zero attached hydrogens (tertiary/aromatic N) is 2. The summed E-state index contributed by atoms with van der Waals surface area (Å²) in [6, 6.07) is 1.50. The lowest BCUT2D eigenvalue weighted by Gasteiger charge is -2.40. The summed E-state index contributed by atoms with van der Waals surface area (Å²) in [6.07, 6.45) is 23.5. The van der Waals surface area contributed by atoms with Gasteiger partial charge in [0.15, 0.2) is 0 Å². The number of hydrogen-bond acceptors (Lipinski definition) is 2. The van der Waals surface area contributed by atoms with E-state index < -0.39 is 0 Å². The molecule has 0 radical (unpaired) electrons. The average molecular weight is 290 g/mol. The summed E-state index contributed by atoms with van der Waals surface area (Å²) in [5.74, 6) is 0.772. The maximum absolute atomic E-state index is 5.10. The highest BCUT2D eigenvalue weighted by Crippen LogP contribution is 2.31. The monoisotopic (exact) mass is 290 g/mol. The lowest BCUT2D eigenvalue weighted by molar-refractivity contribution is 0.0846. The van der Waals surface area contributed by atoms with Gasteiger partial charge in [0.05, 0.1) is 0 Å². The molecule has 3 aliphatic rings. The highest BCUT2D eigenvalue weighted by molar-refractivity contribution is 5.60. The Labute approximate surface area is 131 Å². The van der Waals surface area contributed by atoms with E-state index in [9.17, 15) is 0 Å². The van der Waals surface area contributed by atoms with Crippen molar-refractivity contribution >= 4 is 6.21 Å². The van der Waals surface area contributed by atoms with E-state index in [2.05, 4.69) is 11.2 Å². The molecule has 0 amide bonds. The van der Waals surface area contributed by atoms with E-state index in [0.29, 0.717) is 0 Å². The lowest BCUT2D eigenvalue weighted by Crippen LogP contribution is -2.41. The summed E-state index contributed by atoms with van der Waals surface area (Å²) in [6.45, 7) is 0. The lowest BCUT2D eigenvalue weighted by atomic mass is 9.89. The van der Waals surface area contributed by atoms with Crippen molar-refractivity contribution in [3.05, 3.63) is 0 Å². The van der Waals surface area contributed by atoms with Crippen LogP contribution < -0.4 is 0 Å². The predicted molar refractivity (Wildman–Crippen MR) is 90.7 cm³/mol. The summed E-state index contributed by atoms with van der Waals surface area (Å²) < 4.78 is 0. The molecule has 2 heteroatoms. The highest BCUT2D eigenvalue weighted by atomic mass is 15.5. The molecular formula is C19H34N2. The molecule has 0 bridgehead atoms. The van der Waals surface area contributed by atoms with E-state index in [1.54, 1.807) is 0 Å². The maximum Gasteiger partial charge on any atom is 0.0473 e. The van der Waals surface area contributed by atoms with Crippen molar-refractivity contribution in [1.82, 2.24) is 5.01 Å². The van der Waals surface area contributed by atoms with E-state index >= 15 is 0 Å². The zero-order valence-electron chi connectivity index (χ0n) is 13.8. The minimum absolute atomic E-state index is 0.752. The van der Waals surface area contributed by atoms with Gasteiger partial charge in [0.25, 0.3) is 0 Å². The van der Waals surface area contributed by atoms with Crippen LogP contribution in [0.2, 0.25) is 0 Å². The molecule has 120 valence electrons.